The molecular formula is C19H30O2. The Morgan fingerprint density at radius 1 is 1.05 bits per heavy atom. The van der Waals surface area contributed by atoms with Crippen LogP contribution in [0.1, 0.15) is 63.1 Å². The lowest BCUT2D eigenvalue weighted by Gasteiger charge is -2.19. The maximum atomic E-state index is 9.70. The molecule has 2 heteroatoms. The standard InChI is InChI=1S/C19H30O2/c1-12(2)14-7-15(13(3)4)9-16(8-14)19(5)17(10-20)18(19)11-21-6/h7-9,12-13,17-18,20H,10-11H2,1-6H3. The third-order valence-electron chi connectivity index (χ3n) is 5.39. The fraction of sp³-hybridized carbons (Fsp3) is 0.684. The van der Waals surface area contributed by atoms with Crippen LogP contribution in [0.4, 0.5) is 0 Å². The Morgan fingerprint density at radius 3 is 1.95 bits per heavy atom. The predicted octanol–water partition coefficient (Wildman–Crippen LogP) is 4.08. The van der Waals surface area contributed by atoms with Gasteiger partial charge in [-0.25, -0.2) is 0 Å². The van der Waals surface area contributed by atoms with Crippen LogP contribution in [0.15, 0.2) is 18.2 Å². The Labute approximate surface area is 129 Å². The summed E-state index contributed by atoms with van der Waals surface area (Å²) in [6.45, 7) is 12.2. The van der Waals surface area contributed by atoms with Crippen molar-refractivity contribution in [3.05, 3.63) is 34.9 Å². The molecule has 0 saturated heterocycles. The lowest BCUT2D eigenvalue weighted by molar-refractivity contribution is 0.169. The molecule has 0 aromatic heterocycles. The first-order chi connectivity index (χ1) is 9.86. The lowest BCUT2D eigenvalue weighted by Crippen LogP contribution is -2.11. The quantitative estimate of drug-likeness (QED) is 0.855. The molecule has 0 spiro atoms. The fourth-order valence-electron chi connectivity index (χ4n) is 3.57. The zero-order chi connectivity index (χ0) is 15.8. The number of hydrogen-bond acceptors (Lipinski definition) is 2. The summed E-state index contributed by atoms with van der Waals surface area (Å²) < 4.78 is 5.36. The van der Waals surface area contributed by atoms with E-state index >= 15 is 0 Å². The second-order valence-corrected chi connectivity index (χ2v) is 7.33. The number of rotatable bonds is 6. The molecule has 3 atom stereocenters. The van der Waals surface area contributed by atoms with Gasteiger partial charge < -0.3 is 9.84 Å². The first kappa shape index (κ1) is 16.5. The molecule has 1 N–H and O–H groups in total. The maximum absolute atomic E-state index is 9.70. The normalized spacial score (nSPS) is 28.4. The van der Waals surface area contributed by atoms with Gasteiger partial charge in [0, 0.05) is 19.1 Å². The Morgan fingerprint density at radius 2 is 1.57 bits per heavy atom. The summed E-state index contributed by atoms with van der Waals surface area (Å²) >= 11 is 0. The summed E-state index contributed by atoms with van der Waals surface area (Å²) in [6.07, 6.45) is 0. The summed E-state index contributed by atoms with van der Waals surface area (Å²) in [7, 11) is 1.75. The molecule has 21 heavy (non-hydrogen) atoms. The van der Waals surface area contributed by atoms with Crippen LogP contribution in [-0.2, 0) is 10.2 Å². The van der Waals surface area contributed by atoms with Gasteiger partial charge in [0.15, 0.2) is 0 Å². The van der Waals surface area contributed by atoms with E-state index in [9.17, 15) is 5.11 Å². The summed E-state index contributed by atoms with van der Waals surface area (Å²) in [4.78, 5) is 0. The molecule has 0 bridgehead atoms. The summed E-state index contributed by atoms with van der Waals surface area (Å²) in [5.41, 5.74) is 4.23. The van der Waals surface area contributed by atoms with Crippen LogP contribution in [0, 0.1) is 11.8 Å². The van der Waals surface area contributed by atoms with E-state index in [4.69, 9.17) is 4.74 Å². The molecule has 1 saturated carbocycles. The Kier molecular flexibility index (Phi) is 4.79. The summed E-state index contributed by atoms with van der Waals surface area (Å²) in [5, 5.41) is 9.70. The third-order valence-corrected chi connectivity index (χ3v) is 5.39. The van der Waals surface area contributed by atoms with Gasteiger partial charge >= 0.3 is 0 Å². The number of aliphatic hydroxyl groups excluding tert-OH is 1. The van der Waals surface area contributed by atoms with Crippen LogP contribution in [-0.4, -0.2) is 25.4 Å². The van der Waals surface area contributed by atoms with E-state index in [0.717, 1.165) is 6.61 Å². The van der Waals surface area contributed by atoms with Crippen LogP contribution in [0.3, 0.4) is 0 Å². The maximum Gasteiger partial charge on any atom is 0.0502 e. The highest BCUT2D eigenvalue weighted by Gasteiger charge is 2.61. The topological polar surface area (TPSA) is 29.5 Å². The number of ether oxygens (including phenoxy) is 1. The van der Waals surface area contributed by atoms with Gasteiger partial charge in [-0.3, -0.25) is 0 Å². The Hall–Kier alpha value is -0.860. The average molecular weight is 290 g/mol. The SMILES string of the molecule is COCC1C(CO)C1(C)c1cc(C(C)C)cc(C(C)C)c1. The molecule has 1 aliphatic rings. The molecule has 0 heterocycles. The van der Waals surface area contributed by atoms with Gasteiger partial charge in [-0.15, -0.1) is 0 Å². The van der Waals surface area contributed by atoms with Crippen molar-refractivity contribution in [3.8, 4) is 0 Å². The van der Waals surface area contributed by atoms with Crippen LogP contribution in [0.2, 0.25) is 0 Å². The summed E-state index contributed by atoms with van der Waals surface area (Å²) in [6, 6.07) is 7.02. The predicted molar refractivity (Wildman–Crippen MR) is 87.9 cm³/mol. The Bertz CT molecular complexity index is 466. The van der Waals surface area contributed by atoms with Crippen molar-refractivity contribution in [3.63, 3.8) is 0 Å². The first-order valence-electron chi connectivity index (χ1n) is 8.11. The van der Waals surface area contributed by atoms with Crippen molar-refractivity contribution < 1.29 is 9.84 Å². The molecule has 0 radical (unpaired) electrons. The van der Waals surface area contributed by atoms with Gasteiger partial charge in [-0.1, -0.05) is 52.8 Å². The second kappa shape index (κ2) is 6.10. The number of methoxy groups -OCH3 is 1. The molecule has 3 unspecified atom stereocenters. The second-order valence-electron chi connectivity index (χ2n) is 7.33. The van der Waals surface area contributed by atoms with E-state index in [-0.39, 0.29) is 12.0 Å². The monoisotopic (exact) mass is 290 g/mol. The smallest absolute Gasteiger partial charge is 0.0502 e. The highest BCUT2D eigenvalue weighted by Crippen LogP contribution is 2.60. The minimum Gasteiger partial charge on any atom is -0.396 e. The van der Waals surface area contributed by atoms with Crippen LogP contribution >= 0.6 is 0 Å². The van der Waals surface area contributed by atoms with E-state index in [0.29, 0.717) is 23.7 Å². The van der Waals surface area contributed by atoms with Crippen LogP contribution in [0.5, 0.6) is 0 Å². The molecule has 1 fully saturated rings. The molecule has 0 amide bonds. The molecule has 0 aliphatic heterocycles. The molecular weight excluding hydrogens is 260 g/mol. The molecule has 1 aromatic rings. The number of benzene rings is 1. The van der Waals surface area contributed by atoms with Crippen molar-refractivity contribution in [1.29, 1.82) is 0 Å². The molecule has 118 valence electrons. The van der Waals surface area contributed by atoms with E-state index in [1.807, 2.05) is 0 Å². The van der Waals surface area contributed by atoms with Crippen molar-refractivity contribution in [2.45, 2.75) is 51.9 Å². The van der Waals surface area contributed by atoms with E-state index < -0.39 is 0 Å². The Balaban J connectivity index is 2.43. The molecule has 1 aliphatic carbocycles. The first-order valence-corrected chi connectivity index (χ1v) is 8.11. The minimum atomic E-state index is 0.0549. The lowest BCUT2D eigenvalue weighted by atomic mass is 9.86. The number of hydrogen-bond donors (Lipinski definition) is 1. The van der Waals surface area contributed by atoms with Crippen molar-refractivity contribution in [2.75, 3.05) is 20.3 Å². The third kappa shape index (κ3) is 2.89. The summed E-state index contributed by atoms with van der Waals surface area (Å²) in [5.74, 6) is 1.80. The van der Waals surface area contributed by atoms with Gasteiger partial charge in [-0.05, 0) is 40.4 Å². The van der Waals surface area contributed by atoms with Crippen molar-refractivity contribution in [2.24, 2.45) is 11.8 Å². The minimum absolute atomic E-state index is 0.0549. The van der Waals surface area contributed by atoms with Crippen LogP contribution < -0.4 is 0 Å². The van der Waals surface area contributed by atoms with Crippen molar-refractivity contribution >= 4 is 0 Å². The van der Waals surface area contributed by atoms with Gasteiger partial charge in [0.1, 0.15) is 0 Å². The van der Waals surface area contributed by atoms with E-state index in [1.165, 1.54) is 16.7 Å². The van der Waals surface area contributed by atoms with E-state index in [1.54, 1.807) is 7.11 Å². The van der Waals surface area contributed by atoms with E-state index in [2.05, 4.69) is 52.8 Å². The number of aliphatic hydroxyl groups is 1. The largest absolute Gasteiger partial charge is 0.396 e. The van der Waals surface area contributed by atoms with Gasteiger partial charge in [0.05, 0.1) is 6.61 Å². The molecule has 2 rings (SSSR count). The zero-order valence-corrected chi connectivity index (χ0v) is 14.3. The van der Waals surface area contributed by atoms with Crippen LogP contribution in [0.25, 0.3) is 0 Å². The molecule has 2 nitrogen and oxygen atoms in total. The van der Waals surface area contributed by atoms with Crippen molar-refractivity contribution in [1.82, 2.24) is 0 Å². The zero-order valence-electron chi connectivity index (χ0n) is 14.3. The molecule has 1 aromatic carbocycles. The average Bonchev–Trinajstić information content (AvgIpc) is 3.03. The fourth-order valence-corrected chi connectivity index (χ4v) is 3.57. The van der Waals surface area contributed by atoms with Gasteiger partial charge in [0.25, 0.3) is 0 Å². The van der Waals surface area contributed by atoms with Gasteiger partial charge in [-0.2, -0.15) is 0 Å². The van der Waals surface area contributed by atoms with Gasteiger partial charge in [0.2, 0.25) is 0 Å². The highest BCUT2D eigenvalue weighted by molar-refractivity contribution is 5.43. The highest BCUT2D eigenvalue weighted by atomic mass is 16.5.